The largest absolute Gasteiger partial charge is 0.439 e. The van der Waals surface area contributed by atoms with Crippen molar-refractivity contribution in [2.75, 3.05) is 0 Å². The summed E-state index contributed by atoms with van der Waals surface area (Å²) in [6.45, 7) is 0. The Labute approximate surface area is 157 Å². The number of hydrogen-bond donors (Lipinski definition) is 2. The van der Waals surface area contributed by atoms with Crippen molar-refractivity contribution >= 4 is 5.91 Å². The van der Waals surface area contributed by atoms with E-state index in [9.17, 15) is 23.1 Å². The summed E-state index contributed by atoms with van der Waals surface area (Å²) < 4.78 is 43.1. The van der Waals surface area contributed by atoms with Crippen LogP contribution in [-0.2, 0) is 11.0 Å². The van der Waals surface area contributed by atoms with Crippen LogP contribution in [0, 0.1) is 0 Å². The molecule has 0 aliphatic carbocycles. The minimum atomic E-state index is -4.46. The number of alkyl halides is 3. The number of hydrogen-bond acceptors (Lipinski definition) is 5. The molecule has 1 amide bonds. The summed E-state index contributed by atoms with van der Waals surface area (Å²) in [6, 6.07) is 13.3. The maximum Gasteiger partial charge on any atom is 0.417 e. The summed E-state index contributed by atoms with van der Waals surface area (Å²) in [5.41, 5.74) is 5.50. The van der Waals surface area contributed by atoms with Crippen LogP contribution in [0.25, 0.3) is 11.3 Å². The molecule has 6 nitrogen and oxygen atoms in total. The molecule has 144 valence electrons. The van der Waals surface area contributed by atoms with Crippen molar-refractivity contribution in [2.45, 2.75) is 12.3 Å². The minimum Gasteiger partial charge on any atom is -0.439 e. The molecule has 3 rings (SSSR count). The van der Waals surface area contributed by atoms with Crippen LogP contribution in [0.4, 0.5) is 13.2 Å². The number of carbonyl (C=O) groups excluding carboxylic acids is 1. The van der Waals surface area contributed by atoms with Crippen LogP contribution in [0.5, 0.6) is 11.6 Å². The standard InChI is InChI=1S/C19H14F3N3O3/c20-19(21,22)12-6-9-16(24-10-12)28-13-7-4-11(5-8-13)14-2-1-3-15(25-14)17(26)18(23)27/h1-10,17,26H,(H2,23,27). The molecule has 0 bridgehead atoms. The Morgan fingerprint density at radius 1 is 1.07 bits per heavy atom. The Morgan fingerprint density at radius 2 is 1.79 bits per heavy atom. The fraction of sp³-hybridized carbons (Fsp3) is 0.105. The van der Waals surface area contributed by atoms with Crippen LogP contribution in [-0.4, -0.2) is 21.0 Å². The molecule has 0 aliphatic rings. The fourth-order valence-electron chi connectivity index (χ4n) is 2.33. The summed E-state index contributed by atoms with van der Waals surface area (Å²) >= 11 is 0. The second-order valence-corrected chi connectivity index (χ2v) is 5.76. The quantitative estimate of drug-likeness (QED) is 0.696. The van der Waals surface area contributed by atoms with E-state index < -0.39 is 23.8 Å². The molecular formula is C19H14F3N3O3. The summed E-state index contributed by atoms with van der Waals surface area (Å²) in [5, 5.41) is 9.71. The summed E-state index contributed by atoms with van der Waals surface area (Å²) in [7, 11) is 0. The number of rotatable bonds is 5. The molecule has 2 heterocycles. The van der Waals surface area contributed by atoms with E-state index in [1.165, 1.54) is 6.07 Å². The number of carbonyl (C=O) groups is 1. The number of amides is 1. The van der Waals surface area contributed by atoms with E-state index in [4.69, 9.17) is 10.5 Å². The number of pyridine rings is 2. The number of nitrogens with zero attached hydrogens (tertiary/aromatic N) is 2. The van der Waals surface area contributed by atoms with Gasteiger partial charge in [-0.1, -0.05) is 6.07 Å². The van der Waals surface area contributed by atoms with Gasteiger partial charge in [0, 0.05) is 17.8 Å². The molecule has 0 saturated carbocycles. The van der Waals surface area contributed by atoms with E-state index >= 15 is 0 Å². The van der Waals surface area contributed by atoms with E-state index in [2.05, 4.69) is 9.97 Å². The van der Waals surface area contributed by atoms with Gasteiger partial charge in [0.15, 0.2) is 6.10 Å². The van der Waals surface area contributed by atoms with Crippen LogP contribution in [0.1, 0.15) is 17.4 Å². The van der Waals surface area contributed by atoms with Crippen LogP contribution in [0.2, 0.25) is 0 Å². The lowest BCUT2D eigenvalue weighted by molar-refractivity contribution is -0.137. The summed E-state index contributed by atoms with van der Waals surface area (Å²) in [6.07, 6.45) is -5.27. The van der Waals surface area contributed by atoms with Crippen molar-refractivity contribution in [2.24, 2.45) is 5.73 Å². The average molecular weight is 389 g/mol. The van der Waals surface area contributed by atoms with Gasteiger partial charge < -0.3 is 15.6 Å². The monoisotopic (exact) mass is 389 g/mol. The van der Waals surface area contributed by atoms with Gasteiger partial charge in [0.2, 0.25) is 5.88 Å². The fourth-order valence-corrected chi connectivity index (χ4v) is 2.33. The van der Waals surface area contributed by atoms with Gasteiger partial charge in [-0.25, -0.2) is 9.97 Å². The third-order valence-electron chi connectivity index (χ3n) is 3.76. The highest BCUT2D eigenvalue weighted by Gasteiger charge is 2.30. The normalized spacial score (nSPS) is 12.4. The van der Waals surface area contributed by atoms with E-state index in [0.29, 0.717) is 23.2 Å². The van der Waals surface area contributed by atoms with Gasteiger partial charge in [0.1, 0.15) is 5.75 Å². The van der Waals surface area contributed by atoms with Gasteiger partial charge in [-0.15, -0.1) is 0 Å². The average Bonchev–Trinajstić information content (AvgIpc) is 2.68. The summed E-state index contributed by atoms with van der Waals surface area (Å²) in [4.78, 5) is 18.9. The molecule has 28 heavy (non-hydrogen) atoms. The smallest absolute Gasteiger partial charge is 0.417 e. The van der Waals surface area contributed by atoms with Crippen molar-refractivity contribution in [1.29, 1.82) is 0 Å². The number of aromatic nitrogens is 2. The third-order valence-corrected chi connectivity index (χ3v) is 3.76. The van der Waals surface area contributed by atoms with Gasteiger partial charge in [-0.2, -0.15) is 13.2 Å². The molecule has 9 heteroatoms. The summed E-state index contributed by atoms with van der Waals surface area (Å²) in [5.74, 6) is -0.521. The third kappa shape index (κ3) is 4.44. The van der Waals surface area contributed by atoms with E-state index in [1.54, 1.807) is 36.4 Å². The number of aliphatic hydroxyl groups is 1. The first-order chi connectivity index (χ1) is 13.2. The van der Waals surface area contributed by atoms with Crippen LogP contribution < -0.4 is 10.5 Å². The highest BCUT2D eigenvalue weighted by molar-refractivity contribution is 5.79. The highest BCUT2D eigenvalue weighted by Crippen LogP contribution is 2.30. The molecule has 1 aromatic carbocycles. The van der Waals surface area contributed by atoms with Crippen molar-refractivity contribution in [3.05, 3.63) is 72.1 Å². The highest BCUT2D eigenvalue weighted by atomic mass is 19.4. The lowest BCUT2D eigenvalue weighted by Crippen LogP contribution is -2.21. The van der Waals surface area contributed by atoms with Crippen molar-refractivity contribution in [1.82, 2.24) is 9.97 Å². The molecule has 1 atom stereocenters. The maximum atomic E-state index is 12.5. The molecule has 0 saturated heterocycles. The molecule has 0 spiro atoms. The zero-order valence-corrected chi connectivity index (χ0v) is 14.2. The van der Waals surface area contributed by atoms with Crippen LogP contribution >= 0.6 is 0 Å². The molecule has 0 radical (unpaired) electrons. The Hall–Kier alpha value is -3.46. The number of ether oxygens (including phenoxy) is 1. The number of aliphatic hydroxyl groups excluding tert-OH is 1. The van der Waals surface area contributed by atoms with Crippen molar-refractivity contribution in [3.8, 4) is 22.9 Å². The topological polar surface area (TPSA) is 98.3 Å². The van der Waals surface area contributed by atoms with E-state index in [-0.39, 0.29) is 11.6 Å². The molecule has 1 unspecified atom stereocenters. The second-order valence-electron chi connectivity index (χ2n) is 5.76. The zero-order chi connectivity index (χ0) is 20.3. The second kappa shape index (κ2) is 7.65. The first kappa shape index (κ1) is 19.3. The van der Waals surface area contributed by atoms with Gasteiger partial charge >= 0.3 is 6.18 Å². The molecule has 2 aromatic heterocycles. The number of primary amides is 1. The number of halogens is 3. The predicted octanol–water partition coefficient (Wildman–Crippen LogP) is 3.47. The maximum absolute atomic E-state index is 12.5. The van der Waals surface area contributed by atoms with Gasteiger partial charge in [0.25, 0.3) is 5.91 Å². The lowest BCUT2D eigenvalue weighted by Gasteiger charge is -2.10. The van der Waals surface area contributed by atoms with Gasteiger partial charge in [-0.05, 0) is 42.5 Å². The predicted molar refractivity (Wildman–Crippen MR) is 93.1 cm³/mol. The van der Waals surface area contributed by atoms with E-state index in [1.807, 2.05) is 0 Å². The Bertz CT molecular complexity index is 974. The zero-order valence-electron chi connectivity index (χ0n) is 14.2. The Kier molecular flexibility index (Phi) is 5.27. The molecule has 3 N–H and O–H groups in total. The Morgan fingerprint density at radius 3 is 2.36 bits per heavy atom. The lowest BCUT2D eigenvalue weighted by atomic mass is 10.1. The Balaban J connectivity index is 1.75. The number of nitrogens with two attached hydrogens (primary N) is 1. The molecule has 3 aromatic rings. The van der Waals surface area contributed by atoms with Crippen molar-refractivity contribution in [3.63, 3.8) is 0 Å². The molecular weight excluding hydrogens is 375 g/mol. The van der Waals surface area contributed by atoms with Gasteiger partial charge in [-0.3, -0.25) is 4.79 Å². The van der Waals surface area contributed by atoms with E-state index in [0.717, 1.165) is 12.1 Å². The minimum absolute atomic E-state index is 0.0189. The van der Waals surface area contributed by atoms with Crippen LogP contribution in [0.15, 0.2) is 60.8 Å². The van der Waals surface area contributed by atoms with Crippen molar-refractivity contribution < 1.29 is 27.8 Å². The first-order valence-electron chi connectivity index (χ1n) is 8.00. The first-order valence-corrected chi connectivity index (χ1v) is 8.00. The molecule has 0 fully saturated rings. The van der Waals surface area contributed by atoms with Gasteiger partial charge in [0.05, 0.1) is 17.0 Å². The van der Waals surface area contributed by atoms with Crippen LogP contribution in [0.3, 0.4) is 0 Å². The number of benzene rings is 1. The SMILES string of the molecule is NC(=O)C(O)c1cccc(-c2ccc(Oc3ccc(C(F)(F)F)cn3)cc2)n1. The molecule has 0 aliphatic heterocycles.